The molecule has 62 heavy (non-hydrogen) atoms. The predicted molar refractivity (Wildman–Crippen MR) is 213 cm³/mol. The van der Waals surface area contributed by atoms with Crippen LogP contribution in [0.4, 0.5) is 47.3 Å². The number of carbonyl (C=O) groups excluding carboxylic acids is 3. The second kappa shape index (κ2) is 24.0. The number of halogens is 6. The highest BCUT2D eigenvalue weighted by atomic mass is 19.4. The molecule has 2 fully saturated rings. The third kappa shape index (κ3) is 15.2. The summed E-state index contributed by atoms with van der Waals surface area (Å²) in [6.45, 7) is 0.153. The summed E-state index contributed by atoms with van der Waals surface area (Å²) < 4.78 is 98.1. The number of aliphatic hydroxyl groups is 4. The number of unbranched alkanes of at least 4 members (excludes halogenated alkanes) is 9. The third-order valence-corrected chi connectivity index (χ3v) is 10.6. The standard InChI is InChI=1S/C41H57F6N5O10/c1-2-3-4-5-6-7-8-9-10-11-18-31(55)51-32-29(21-53)60-23-28(50-38(58)48-26-16-12-14-24(19-26)40(42,43)44)36(32)62-37-33(35(57)34(56)30(22-54)61-37)52-39(59)49-27-17-13-15-25(20-27)41(45,46)47/h12-17,19-20,28-30,32-37,53-54,56-57H,2-11,18,21-23H2,1H3,(H,51,55)(H2,48,50,58)(H2,49,52,59)/t28-,29+,30+,32-,33+,34+,35+,36+,37-/m0/s1. The Labute approximate surface area is 355 Å². The van der Waals surface area contributed by atoms with Crippen molar-refractivity contribution in [2.45, 2.75) is 145 Å². The van der Waals surface area contributed by atoms with Crippen molar-refractivity contribution in [2.24, 2.45) is 0 Å². The first-order valence-electron chi connectivity index (χ1n) is 20.7. The van der Waals surface area contributed by atoms with Gasteiger partial charge >= 0.3 is 24.4 Å². The molecule has 9 N–H and O–H groups in total. The van der Waals surface area contributed by atoms with Crippen molar-refractivity contribution in [1.29, 1.82) is 0 Å². The second-order valence-corrected chi connectivity index (χ2v) is 15.4. The zero-order valence-corrected chi connectivity index (χ0v) is 34.2. The van der Waals surface area contributed by atoms with Crippen LogP contribution in [0.3, 0.4) is 0 Å². The van der Waals surface area contributed by atoms with Gasteiger partial charge in [-0.2, -0.15) is 26.3 Å². The van der Waals surface area contributed by atoms with Crippen molar-refractivity contribution in [3.8, 4) is 0 Å². The Morgan fingerprint density at radius 3 is 1.73 bits per heavy atom. The van der Waals surface area contributed by atoms with E-state index in [0.717, 1.165) is 68.9 Å². The van der Waals surface area contributed by atoms with Gasteiger partial charge in [-0.25, -0.2) is 9.59 Å². The number of aliphatic hydroxyl groups excluding tert-OH is 4. The van der Waals surface area contributed by atoms with Crippen molar-refractivity contribution >= 4 is 29.3 Å². The van der Waals surface area contributed by atoms with E-state index in [4.69, 9.17) is 14.2 Å². The van der Waals surface area contributed by atoms with Gasteiger partial charge in [0.1, 0.15) is 36.6 Å². The summed E-state index contributed by atoms with van der Waals surface area (Å²) in [5, 5.41) is 54.4. The summed E-state index contributed by atoms with van der Waals surface area (Å²) in [5.74, 6) is -0.498. The van der Waals surface area contributed by atoms with E-state index >= 15 is 0 Å². The number of alkyl halides is 6. The van der Waals surface area contributed by atoms with Crippen LogP contribution in [-0.2, 0) is 31.4 Å². The molecule has 4 rings (SSSR count). The van der Waals surface area contributed by atoms with Crippen LogP contribution in [-0.4, -0.2) is 113 Å². The van der Waals surface area contributed by atoms with E-state index < -0.39 is 116 Å². The molecule has 0 aliphatic carbocycles. The molecule has 2 saturated heterocycles. The maximum Gasteiger partial charge on any atom is 0.416 e. The lowest BCUT2D eigenvalue weighted by Gasteiger charge is -2.47. The Kier molecular flexibility index (Phi) is 19.5. The van der Waals surface area contributed by atoms with Crippen molar-refractivity contribution in [3.05, 3.63) is 59.7 Å². The summed E-state index contributed by atoms with van der Waals surface area (Å²) in [5.41, 5.74) is -2.66. The molecule has 2 aliphatic heterocycles. The van der Waals surface area contributed by atoms with Gasteiger partial charge in [0.15, 0.2) is 6.29 Å². The van der Waals surface area contributed by atoms with E-state index in [0.29, 0.717) is 18.6 Å². The Hall–Kier alpha value is -4.25. The average molecular weight is 894 g/mol. The van der Waals surface area contributed by atoms with E-state index in [1.165, 1.54) is 25.3 Å². The molecular formula is C41H57F6N5O10. The summed E-state index contributed by atoms with van der Waals surface area (Å²) in [7, 11) is 0. The van der Waals surface area contributed by atoms with Gasteiger partial charge in [0.2, 0.25) is 5.91 Å². The lowest BCUT2D eigenvalue weighted by molar-refractivity contribution is -0.293. The maximum absolute atomic E-state index is 13.4. The number of benzene rings is 2. The number of hydrogen-bond acceptors (Lipinski definition) is 10. The molecular weight excluding hydrogens is 836 g/mol. The number of ether oxygens (including phenoxy) is 3. The molecule has 0 spiro atoms. The summed E-state index contributed by atoms with van der Waals surface area (Å²) in [6.07, 6.45) is -9.13. The van der Waals surface area contributed by atoms with E-state index in [1.807, 2.05) is 0 Å². The van der Waals surface area contributed by atoms with Gasteiger partial charge in [-0.1, -0.05) is 76.8 Å². The van der Waals surface area contributed by atoms with Crippen molar-refractivity contribution in [3.63, 3.8) is 0 Å². The first-order chi connectivity index (χ1) is 29.4. The molecule has 9 atom stereocenters. The minimum Gasteiger partial charge on any atom is -0.394 e. The van der Waals surface area contributed by atoms with Crippen LogP contribution in [0.2, 0.25) is 0 Å². The summed E-state index contributed by atoms with van der Waals surface area (Å²) >= 11 is 0. The average Bonchev–Trinajstić information content (AvgIpc) is 3.21. The number of rotatable bonds is 20. The Morgan fingerprint density at radius 2 is 1.21 bits per heavy atom. The largest absolute Gasteiger partial charge is 0.416 e. The van der Waals surface area contributed by atoms with Gasteiger partial charge < -0.3 is 61.2 Å². The molecule has 2 heterocycles. The molecule has 2 aliphatic rings. The molecule has 0 radical (unpaired) electrons. The first kappa shape index (κ1) is 50.4. The fourth-order valence-electron chi connectivity index (χ4n) is 7.27. The van der Waals surface area contributed by atoms with Gasteiger partial charge in [0.05, 0.1) is 43.0 Å². The number of urea groups is 2. The van der Waals surface area contributed by atoms with Crippen LogP contribution in [0, 0.1) is 0 Å². The zero-order valence-electron chi connectivity index (χ0n) is 34.2. The van der Waals surface area contributed by atoms with Crippen LogP contribution in [0.15, 0.2) is 48.5 Å². The molecule has 15 nitrogen and oxygen atoms in total. The van der Waals surface area contributed by atoms with E-state index in [1.54, 1.807) is 0 Å². The van der Waals surface area contributed by atoms with Crippen LogP contribution in [0.1, 0.15) is 88.7 Å². The lowest BCUT2D eigenvalue weighted by atomic mass is 9.93. The third-order valence-electron chi connectivity index (χ3n) is 10.6. The van der Waals surface area contributed by atoms with Crippen molar-refractivity contribution in [1.82, 2.24) is 16.0 Å². The van der Waals surface area contributed by atoms with Gasteiger partial charge in [-0.3, -0.25) is 4.79 Å². The van der Waals surface area contributed by atoms with Gasteiger partial charge in [-0.05, 0) is 42.8 Å². The molecule has 2 aromatic rings. The fraction of sp³-hybridized carbons (Fsp3) is 0.634. The van der Waals surface area contributed by atoms with E-state index in [2.05, 4.69) is 33.5 Å². The van der Waals surface area contributed by atoms with Crippen molar-refractivity contribution < 1.29 is 75.4 Å². The van der Waals surface area contributed by atoms with Gasteiger partial charge in [0, 0.05) is 17.8 Å². The minimum atomic E-state index is -4.74. The quantitative estimate of drug-likeness (QED) is 0.0608. The van der Waals surface area contributed by atoms with Crippen LogP contribution in [0.25, 0.3) is 0 Å². The van der Waals surface area contributed by atoms with Gasteiger partial charge in [-0.15, -0.1) is 0 Å². The monoisotopic (exact) mass is 893 g/mol. The first-order valence-corrected chi connectivity index (χ1v) is 20.7. The normalized spacial score (nSPS) is 25.4. The highest BCUT2D eigenvalue weighted by molar-refractivity contribution is 5.90. The fourth-order valence-corrected chi connectivity index (χ4v) is 7.27. The minimum absolute atomic E-state index is 0.0449. The van der Waals surface area contributed by atoms with E-state index in [9.17, 15) is 61.2 Å². The number of carbonyl (C=O) groups is 3. The molecule has 21 heteroatoms. The number of hydrogen-bond donors (Lipinski definition) is 9. The molecule has 348 valence electrons. The van der Waals surface area contributed by atoms with E-state index in [-0.39, 0.29) is 17.8 Å². The van der Waals surface area contributed by atoms with Gasteiger partial charge in [0.25, 0.3) is 0 Å². The lowest BCUT2D eigenvalue weighted by Crippen LogP contribution is -2.70. The van der Waals surface area contributed by atoms with Crippen LogP contribution >= 0.6 is 0 Å². The SMILES string of the molecule is CCCCCCCCCCCCC(=O)N[C@@H]1[C@H](O[C@@H]2O[C@H](CO)[C@@H](O)[C@H](O)[C@H]2NC(=O)Nc2cccc(C(F)(F)F)c2)[C@@H](NC(=O)Nc2cccc(C(F)(F)F)c2)CO[C@@H]1CO. The zero-order chi connectivity index (χ0) is 45.5. The van der Waals surface area contributed by atoms with Crippen molar-refractivity contribution in [2.75, 3.05) is 30.5 Å². The summed E-state index contributed by atoms with van der Waals surface area (Å²) in [6, 6.07) is 0.845. The number of amides is 5. The Balaban J connectivity index is 1.56. The molecule has 0 aromatic heterocycles. The molecule has 2 aromatic carbocycles. The smallest absolute Gasteiger partial charge is 0.394 e. The van der Waals surface area contributed by atoms with Crippen LogP contribution < -0.4 is 26.6 Å². The predicted octanol–water partition coefficient (Wildman–Crippen LogP) is 5.42. The Morgan fingerprint density at radius 1 is 0.694 bits per heavy atom. The number of nitrogens with one attached hydrogen (secondary N) is 5. The number of anilines is 2. The molecule has 5 amide bonds. The summed E-state index contributed by atoms with van der Waals surface area (Å²) in [4.78, 5) is 39.9. The van der Waals surface area contributed by atoms with Crippen LogP contribution in [0.5, 0.6) is 0 Å². The highest BCUT2D eigenvalue weighted by Gasteiger charge is 2.50. The molecule has 0 bridgehead atoms. The molecule has 0 saturated carbocycles. The highest BCUT2D eigenvalue weighted by Crippen LogP contribution is 2.33. The topological polar surface area (TPSA) is 220 Å². The second-order valence-electron chi connectivity index (χ2n) is 15.4. The molecule has 0 unspecified atom stereocenters. The maximum atomic E-state index is 13.4. The Bertz CT molecular complexity index is 1730.